The van der Waals surface area contributed by atoms with Crippen molar-refractivity contribution in [2.24, 2.45) is 0 Å². The third-order valence-electron chi connectivity index (χ3n) is 5.08. The quantitative estimate of drug-likeness (QED) is 0.800. The van der Waals surface area contributed by atoms with Crippen LogP contribution in [0.3, 0.4) is 0 Å². The molecule has 0 radical (unpaired) electrons. The molecule has 0 aromatic heterocycles. The zero-order valence-electron chi connectivity index (χ0n) is 17.6. The van der Waals surface area contributed by atoms with Crippen LogP contribution in [-0.2, 0) is 9.59 Å². The molecule has 150 valence electrons. The Morgan fingerprint density at radius 3 is 2.07 bits per heavy atom. The molecule has 0 saturated carbocycles. The van der Waals surface area contributed by atoms with E-state index in [1.54, 1.807) is 0 Å². The van der Waals surface area contributed by atoms with Crippen LogP contribution < -0.4 is 10.6 Å². The lowest BCUT2D eigenvalue weighted by molar-refractivity contribution is -0.125. The van der Waals surface area contributed by atoms with Crippen LogP contribution in [0, 0.1) is 20.8 Å². The van der Waals surface area contributed by atoms with Crippen LogP contribution in [0.25, 0.3) is 0 Å². The van der Waals surface area contributed by atoms with Crippen LogP contribution in [0.15, 0.2) is 12.1 Å². The maximum absolute atomic E-state index is 12.8. The number of piperazine rings is 1. The van der Waals surface area contributed by atoms with E-state index < -0.39 is 0 Å². The second-order valence-corrected chi connectivity index (χ2v) is 7.97. The van der Waals surface area contributed by atoms with Crippen molar-refractivity contribution in [1.29, 1.82) is 0 Å². The minimum absolute atomic E-state index is 0.0241. The van der Waals surface area contributed by atoms with Gasteiger partial charge in [0, 0.05) is 37.9 Å². The van der Waals surface area contributed by atoms with E-state index in [0.29, 0.717) is 6.54 Å². The van der Waals surface area contributed by atoms with Gasteiger partial charge >= 0.3 is 0 Å². The summed E-state index contributed by atoms with van der Waals surface area (Å²) < 4.78 is 0. The van der Waals surface area contributed by atoms with Gasteiger partial charge in [-0.2, -0.15) is 0 Å². The maximum Gasteiger partial charge on any atom is 0.241 e. The molecule has 2 amide bonds. The first-order valence-corrected chi connectivity index (χ1v) is 9.82. The molecule has 1 saturated heterocycles. The van der Waals surface area contributed by atoms with Crippen LogP contribution in [0.5, 0.6) is 0 Å². The van der Waals surface area contributed by atoms with Gasteiger partial charge in [-0.1, -0.05) is 17.7 Å². The van der Waals surface area contributed by atoms with Gasteiger partial charge in [0.1, 0.15) is 0 Å². The zero-order valence-corrected chi connectivity index (χ0v) is 17.6. The number of benzene rings is 1. The second kappa shape index (κ2) is 9.33. The van der Waals surface area contributed by atoms with Crippen molar-refractivity contribution in [2.45, 2.75) is 53.6 Å². The van der Waals surface area contributed by atoms with Gasteiger partial charge in [-0.25, -0.2) is 0 Å². The number of carbonyl (C=O) groups excluding carboxylic acids is 2. The van der Waals surface area contributed by atoms with Gasteiger partial charge in [0.25, 0.3) is 0 Å². The van der Waals surface area contributed by atoms with Crippen LogP contribution >= 0.6 is 0 Å². The summed E-state index contributed by atoms with van der Waals surface area (Å²) in [5, 5.41) is 6.04. The van der Waals surface area contributed by atoms with Crippen LogP contribution in [0.2, 0.25) is 0 Å². The van der Waals surface area contributed by atoms with Gasteiger partial charge in [-0.15, -0.1) is 0 Å². The smallest absolute Gasteiger partial charge is 0.241 e. The first-order chi connectivity index (χ1) is 12.7. The summed E-state index contributed by atoms with van der Waals surface area (Å²) in [5.74, 6) is 0.0885. The van der Waals surface area contributed by atoms with E-state index in [4.69, 9.17) is 0 Å². The number of nitrogens with one attached hydrogen (secondary N) is 2. The molecule has 1 fully saturated rings. The molecule has 0 unspecified atom stereocenters. The third-order valence-corrected chi connectivity index (χ3v) is 5.08. The number of hydrogen-bond acceptors (Lipinski definition) is 4. The predicted molar refractivity (Wildman–Crippen MR) is 110 cm³/mol. The van der Waals surface area contributed by atoms with Crippen molar-refractivity contribution < 1.29 is 9.59 Å². The molecule has 1 aliphatic heterocycles. The fourth-order valence-corrected chi connectivity index (χ4v) is 3.65. The first-order valence-electron chi connectivity index (χ1n) is 9.82. The lowest BCUT2D eigenvalue weighted by atomic mass is 10.0. The molecule has 2 N–H and O–H groups in total. The van der Waals surface area contributed by atoms with E-state index in [0.717, 1.165) is 43.0 Å². The number of aryl methyl sites for hydroxylation is 3. The van der Waals surface area contributed by atoms with Gasteiger partial charge in [-0.05, 0) is 52.7 Å². The Bertz CT molecular complexity index is 656. The van der Waals surface area contributed by atoms with Crippen molar-refractivity contribution in [3.63, 3.8) is 0 Å². The Balaban J connectivity index is 1.87. The van der Waals surface area contributed by atoms with E-state index in [-0.39, 0.29) is 23.9 Å². The van der Waals surface area contributed by atoms with Crippen LogP contribution in [0.1, 0.15) is 37.5 Å². The number of nitrogens with zero attached hydrogens (tertiary/aromatic N) is 2. The lowest BCUT2D eigenvalue weighted by Crippen LogP contribution is -2.54. The molecular weight excluding hydrogens is 340 g/mol. The Hall–Kier alpha value is -1.92. The Labute approximate surface area is 163 Å². The monoisotopic (exact) mass is 374 g/mol. The molecule has 1 heterocycles. The van der Waals surface area contributed by atoms with E-state index >= 15 is 0 Å². The fraction of sp³-hybridized carbons (Fsp3) is 0.619. The van der Waals surface area contributed by atoms with Crippen molar-refractivity contribution in [1.82, 2.24) is 15.1 Å². The molecule has 1 aromatic carbocycles. The van der Waals surface area contributed by atoms with E-state index in [2.05, 4.69) is 39.5 Å². The molecule has 1 aliphatic rings. The van der Waals surface area contributed by atoms with Crippen molar-refractivity contribution in [3.8, 4) is 0 Å². The van der Waals surface area contributed by atoms with Gasteiger partial charge in [-0.3, -0.25) is 19.4 Å². The third kappa shape index (κ3) is 6.04. The number of carbonyl (C=O) groups is 2. The van der Waals surface area contributed by atoms with Gasteiger partial charge in [0.05, 0.1) is 12.6 Å². The van der Waals surface area contributed by atoms with E-state index in [9.17, 15) is 9.59 Å². The highest BCUT2D eigenvalue weighted by atomic mass is 16.2. The zero-order chi connectivity index (χ0) is 20.1. The molecule has 2 rings (SSSR count). The normalized spacial score (nSPS) is 17.0. The molecule has 1 aromatic rings. The Morgan fingerprint density at radius 2 is 1.56 bits per heavy atom. The summed E-state index contributed by atoms with van der Waals surface area (Å²) in [6.45, 7) is 15.6. The van der Waals surface area contributed by atoms with Crippen LogP contribution in [0.4, 0.5) is 5.69 Å². The molecule has 1 atom stereocenters. The summed E-state index contributed by atoms with van der Waals surface area (Å²) in [7, 11) is 0. The molecule has 27 heavy (non-hydrogen) atoms. The van der Waals surface area contributed by atoms with E-state index in [1.165, 1.54) is 5.56 Å². The standard InChI is InChI=1S/C21H34N4O2/c1-14(2)22-19(26)13-24-7-9-25(10-8-24)18(6)21(27)23-20-16(4)11-15(3)12-17(20)5/h11-12,14,18H,7-10,13H2,1-6H3,(H,22,26)(H,23,27)/t18-/m0/s1. The van der Waals surface area contributed by atoms with Crippen molar-refractivity contribution >= 4 is 17.5 Å². The summed E-state index contributed by atoms with van der Waals surface area (Å²) >= 11 is 0. The highest BCUT2D eigenvalue weighted by molar-refractivity contribution is 5.96. The van der Waals surface area contributed by atoms with Crippen LogP contribution in [-0.4, -0.2) is 66.4 Å². The number of amides is 2. The topological polar surface area (TPSA) is 64.7 Å². The molecule has 0 aliphatic carbocycles. The molecule has 6 heteroatoms. The molecule has 0 spiro atoms. The van der Waals surface area contributed by atoms with Gasteiger partial charge < -0.3 is 10.6 Å². The summed E-state index contributed by atoms with van der Waals surface area (Å²) in [4.78, 5) is 29.0. The van der Waals surface area contributed by atoms with Gasteiger partial charge in [0.15, 0.2) is 0 Å². The Kier molecular flexibility index (Phi) is 7.39. The maximum atomic E-state index is 12.8. The van der Waals surface area contributed by atoms with Gasteiger partial charge in [0.2, 0.25) is 11.8 Å². The highest BCUT2D eigenvalue weighted by Crippen LogP contribution is 2.22. The average Bonchev–Trinajstić information content (AvgIpc) is 2.57. The van der Waals surface area contributed by atoms with E-state index in [1.807, 2.05) is 34.6 Å². The summed E-state index contributed by atoms with van der Waals surface area (Å²) in [6.07, 6.45) is 0. The largest absolute Gasteiger partial charge is 0.353 e. The highest BCUT2D eigenvalue weighted by Gasteiger charge is 2.26. The predicted octanol–water partition coefficient (Wildman–Crippen LogP) is 2.08. The number of anilines is 1. The molecule has 6 nitrogen and oxygen atoms in total. The fourth-order valence-electron chi connectivity index (χ4n) is 3.65. The van der Waals surface area contributed by atoms with Crippen molar-refractivity contribution in [3.05, 3.63) is 28.8 Å². The summed E-state index contributed by atoms with van der Waals surface area (Å²) in [5.41, 5.74) is 4.30. The average molecular weight is 375 g/mol. The lowest BCUT2D eigenvalue weighted by Gasteiger charge is -2.37. The minimum Gasteiger partial charge on any atom is -0.353 e. The SMILES string of the molecule is Cc1cc(C)c(NC(=O)[C@H](C)N2CCN(CC(=O)NC(C)C)CC2)c(C)c1. The number of hydrogen-bond donors (Lipinski definition) is 2. The first kappa shape index (κ1) is 21.4. The molecule has 0 bridgehead atoms. The van der Waals surface area contributed by atoms with Crippen molar-refractivity contribution in [2.75, 3.05) is 38.0 Å². The molecular formula is C21H34N4O2. The second-order valence-electron chi connectivity index (χ2n) is 7.97. The minimum atomic E-state index is -0.197. The summed E-state index contributed by atoms with van der Waals surface area (Å²) in [6, 6.07) is 4.15. The number of rotatable bonds is 6. The Morgan fingerprint density at radius 1 is 1.00 bits per heavy atom.